The number of benzene rings is 3. The largest absolute Gasteiger partial charge is 0.490 e. The van der Waals surface area contributed by atoms with Crippen molar-refractivity contribution in [2.45, 2.75) is 20.5 Å². The number of halogens is 1. The van der Waals surface area contributed by atoms with Gasteiger partial charge in [-0.15, -0.1) is 0 Å². The van der Waals surface area contributed by atoms with Crippen molar-refractivity contribution in [2.24, 2.45) is 5.10 Å². The van der Waals surface area contributed by atoms with Crippen LogP contribution in [0.5, 0.6) is 11.5 Å². The van der Waals surface area contributed by atoms with Crippen LogP contribution >= 0.6 is 15.9 Å². The fraction of sp³-hybridized carbons (Fsp3) is 0.167. The highest BCUT2D eigenvalue weighted by Crippen LogP contribution is 2.29. The highest BCUT2D eigenvalue weighted by Gasteiger charge is 2.08. The minimum absolute atomic E-state index is 0.246. The quantitative estimate of drug-likeness (QED) is 0.352. The van der Waals surface area contributed by atoms with E-state index in [9.17, 15) is 4.79 Å². The fourth-order valence-corrected chi connectivity index (χ4v) is 3.05. The molecule has 0 aromatic heterocycles. The van der Waals surface area contributed by atoms with Gasteiger partial charge in [0.1, 0.15) is 6.61 Å². The number of nitrogens with zero attached hydrogens (tertiary/aromatic N) is 1. The van der Waals surface area contributed by atoms with E-state index in [2.05, 4.69) is 26.5 Å². The van der Waals surface area contributed by atoms with Crippen molar-refractivity contribution < 1.29 is 14.3 Å². The number of hydrogen-bond donors (Lipinski definition) is 1. The highest BCUT2D eigenvalue weighted by molar-refractivity contribution is 9.10. The third kappa shape index (κ3) is 5.94. The summed E-state index contributed by atoms with van der Waals surface area (Å²) in [6, 6.07) is 20.9. The van der Waals surface area contributed by atoms with Crippen molar-refractivity contribution in [3.63, 3.8) is 0 Å². The second-order valence-corrected chi connectivity index (χ2v) is 7.48. The van der Waals surface area contributed by atoms with E-state index in [0.29, 0.717) is 30.3 Å². The van der Waals surface area contributed by atoms with Gasteiger partial charge in [0.25, 0.3) is 5.91 Å². The first-order chi connectivity index (χ1) is 14.6. The lowest BCUT2D eigenvalue weighted by atomic mass is 10.1. The molecule has 0 aliphatic heterocycles. The number of nitrogens with one attached hydrogen (secondary N) is 1. The van der Waals surface area contributed by atoms with E-state index in [1.54, 1.807) is 12.3 Å². The Balaban J connectivity index is 1.66. The molecule has 1 amide bonds. The molecule has 0 heterocycles. The van der Waals surface area contributed by atoms with E-state index in [4.69, 9.17) is 9.47 Å². The summed E-state index contributed by atoms with van der Waals surface area (Å²) in [6.07, 6.45) is 1.58. The maximum absolute atomic E-state index is 12.2. The average molecular weight is 467 g/mol. The first kappa shape index (κ1) is 21.6. The Bertz CT molecular complexity index is 1030. The summed E-state index contributed by atoms with van der Waals surface area (Å²) in [5, 5.41) is 4.07. The molecule has 0 bridgehead atoms. The molecular weight excluding hydrogens is 444 g/mol. The Morgan fingerprint density at radius 3 is 2.53 bits per heavy atom. The predicted molar refractivity (Wildman–Crippen MR) is 122 cm³/mol. The Hall–Kier alpha value is -3.12. The maximum atomic E-state index is 12.2. The van der Waals surface area contributed by atoms with Crippen molar-refractivity contribution in [1.29, 1.82) is 0 Å². The van der Waals surface area contributed by atoms with Crippen LogP contribution in [0.3, 0.4) is 0 Å². The van der Waals surface area contributed by atoms with Crippen molar-refractivity contribution in [1.82, 2.24) is 5.43 Å². The Labute approximate surface area is 184 Å². The predicted octanol–water partition coefficient (Wildman–Crippen LogP) is 5.50. The molecule has 0 aliphatic carbocycles. The van der Waals surface area contributed by atoms with Crippen LogP contribution < -0.4 is 14.9 Å². The SMILES string of the molecule is CCOc1cc(/C=N/NC(=O)c2ccccc2C)ccc1OCc1ccc(Br)cc1. The van der Waals surface area contributed by atoms with Gasteiger partial charge in [0.2, 0.25) is 0 Å². The molecular formula is C24H23BrN2O3. The minimum Gasteiger partial charge on any atom is -0.490 e. The summed E-state index contributed by atoms with van der Waals surface area (Å²) in [5.74, 6) is 1.04. The first-order valence-corrected chi connectivity index (χ1v) is 10.4. The van der Waals surface area contributed by atoms with Gasteiger partial charge in [0.05, 0.1) is 12.8 Å². The molecule has 3 aromatic rings. The van der Waals surface area contributed by atoms with Crippen LogP contribution in [0.15, 0.2) is 76.3 Å². The van der Waals surface area contributed by atoms with Crippen molar-refractivity contribution in [2.75, 3.05) is 6.61 Å². The van der Waals surface area contributed by atoms with Crippen molar-refractivity contribution in [3.05, 3.63) is 93.5 Å². The monoisotopic (exact) mass is 466 g/mol. The van der Waals surface area contributed by atoms with Crippen molar-refractivity contribution >= 4 is 28.1 Å². The molecule has 6 heteroatoms. The summed E-state index contributed by atoms with van der Waals surface area (Å²) in [6.45, 7) is 4.76. The second-order valence-electron chi connectivity index (χ2n) is 6.57. The van der Waals surface area contributed by atoms with Crippen LogP contribution in [0.2, 0.25) is 0 Å². The van der Waals surface area contributed by atoms with E-state index in [0.717, 1.165) is 21.2 Å². The average Bonchev–Trinajstić information content (AvgIpc) is 2.75. The third-order valence-corrected chi connectivity index (χ3v) is 4.87. The molecule has 0 aliphatic rings. The van der Waals surface area contributed by atoms with Gasteiger partial charge in [-0.3, -0.25) is 4.79 Å². The maximum Gasteiger partial charge on any atom is 0.271 e. The van der Waals surface area contributed by atoms with E-state index >= 15 is 0 Å². The van der Waals surface area contributed by atoms with Crippen LogP contribution in [-0.4, -0.2) is 18.7 Å². The number of amides is 1. The zero-order valence-corrected chi connectivity index (χ0v) is 18.5. The molecule has 0 spiro atoms. The van der Waals surface area contributed by atoms with E-state index in [-0.39, 0.29) is 5.91 Å². The lowest BCUT2D eigenvalue weighted by molar-refractivity contribution is 0.0954. The fourth-order valence-electron chi connectivity index (χ4n) is 2.79. The molecule has 3 rings (SSSR count). The second kappa shape index (κ2) is 10.6. The van der Waals surface area contributed by atoms with Gasteiger partial charge >= 0.3 is 0 Å². The molecule has 0 unspecified atom stereocenters. The zero-order chi connectivity index (χ0) is 21.3. The summed E-state index contributed by atoms with van der Waals surface area (Å²) in [7, 11) is 0. The summed E-state index contributed by atoms with van der Waals surface area (Å²) in [4.78, 5) is 12.2. The third-order valence-electron chi connectivity index (χ3n) is 4.34. The number of hydrazone groups is 1. The Morgan fingerprint density at radius 2 is 1.80 bits per heavy atom. The molecule has 0 radical (unpaired) electrons. The highest BCUT2D eigenvalue weighted by atomic mass is 79.9. The van der Waals surface area contributed by atoms with Gasteiger partial charge in [-0.25, -0.2) is 5.43 Å². The Kier molecular flexibility index (Phi) is 7.63. The van der Waals surface area contributed by atoms with Crippen LogP contribution in [0.1, 0.15) is 34.0 Å². The molecule has 30 heavy (non-hydrogen) atoms. The van der Waals surface area contributed by atoms with Crippen LogP contribution in [0.4, 0.5) is 0 Å². The summed E-state index contributed by atoms with van der Waals surface area (Å²) in [5.41, 5.74) is 5.91. The standard InChI is InChI=1S/C24H23BrN2O3/c1-3-29-23-14-19(15-26-27-24(28)21-7-5-4-6-17(21)2)10-13-22(23)30-16-18-8-11-20(25)12-9-18/h4-15H,3,16H2,1-2H3,(H,27,28)/b26-15+. The summed E-state index contributed by atoms with van der Waals surface area (Å²) < 4.78 is 12.7. The van der Waals surface area contributed by atoms with Crippen LogP contribution in [0, 0.1) is 6.92 Å². The van der Waals surface area contributed by atoms with Gasteiger partial charge < -0.3 is 9.47 Å². The molecule has 3 aromatic carbocycles. The first-order valence-electron chi connectivity index (χ1n) is 9.60. The van der Waals surface area contributed by atoms with Gasteiger partial charge in [0, 0.05) is 10.0 Å². The van der Waals surface area contributed by atoms with Gasteiger partial charge in [-0.05, 0) is 66.9 Å². The van der Waals surface area contributed by atoms with Crippen LogP contribution in [0.25, 0.3) is 0 Å². The summed E-state index contributed by atoms with van der Waals surface area (Å²) >= 11 is 3.43. The number of carbonyl (C=O) groups is 1. The topological polar surface area (TPSA) is 59.9 Å². The number of hydrogen-bond acceptors (Lipinski definition) is 4. The molecule has 1 N–H and O–H groups in total. The van der Waals surface area contributed by atoms with Crippen molar-refractivity contribution in [3.8, 4) is 11.5 Å². The lowest BCUT2D eigenvalue weighted by Crippen LogP contribution is -2.18. The molecule has 154 valence electrons. The minimum atomic E-state index is -0.246. The smallest absolute Gasteiger partial charge is 0.271 e. The molecule has 0 saturated heterocycles. The van der Waals surface area contributed by atoms with Gasteiger partial charge in [-0.1, -0.05) is 46.3 Å². The molecule has 0 saturated carbocycles. The zero-order valence-electron chi connectivity index (χ0n) is 16.9. The van der Waals surface area contributed by atoms with Gasteiger partial charge in [0.15, 0.2) is 11.5 Å². The number of ether oxygens (including phenoxy) is 2. The Morgan fingerprint density at radius 1 is 1.03 bits per heavy atom. The number of aryl methyl sites for hydroxylation is 1. The molecule has 0 fully saturated rings. The van der Waals surface area contributed by atoms with Crippen LogP contribution in [-0.2, 0) is 6.61 Å². The normalized spacial score (nSPS) is 10.8. The van der Waals surface area contributed by atoms with E-state index in [1.165, 1.54) is 0 Å². The van der Waals surface area contributed by atoms with Gasteiger partial charge in [-0.2, -0.15) is 5.10 Å². The van der Waals surface area contributed by atoms with E-state index < -0.39 is 0 Å². The molecule has 0 atom stereocenters. The van der Waals surface area contributed by atoms with E-state index in [1.807, 2.05) is 74.5 Å². The molecule has 5 nitrogen and oxygen atoms in total. The number of carbonyl (C=O) groups excluding carboxylic acids is 1. The lowest BCUT2D eigenvalue weighted by Gasteiger charge is -2.12. The number of rotatable bonds is 8.